The largest absolute Gasteiger partial charge is 0.334 e. The summed E-state index contributed by atoms with van der Waals surface area (Å²) in [4.78, 5) is 21.5. The van der Waals surface area contributed by atoms with Crippen LogP contribution >= 0.6 is 0 Å². The van der Waals surface area contributed by atoms with Gasteiger partial charge in [-0.1, -0.05) is 12.1 Å². The van der Waals surface area contributed by atoms with Gasteiger partial charge < -0.3 is 4.90 Å². The molecule has 142 valence electrons. The molecule has 3 heterocycles. The SMILES string of the molecule is CC1CCCN1CC1CCCN1C(=O)c1ccc(-c2cccnc2)cc1F. The van der Waals surface area contributed by atoms with E-state index in [-0.39, 0.29) is 17.5 Å². The highest BCUT2D eigenvalue weighted by atomic mass is 19.1. The Morgan fingerprint density at radius 2 is 2.04 bits per heavy atom. The fourth-order valence-corrected chi connectivity index (χ4v) is 4.38. The summed E-state index contributed by atoms with van der Waals surface area (Å²) in [5.74, 6) is -0.638. The summed E-state index contributed by atoms with van der Waals surface area (Å²) in [7, 11) is 0. The lowest BCUT2D eigenvalue weighted by Gasteiger charge is -2.31. The molecule has 4 nitrogen and oxygen atoms in total. The van der Waals surface area contributed by atoms with E-state index in [1.54, 1.807) is 24.5 Å². The predicted molar refractivity (Wildman–Crippen MR) is 104 cm³/mol. The number of rotatable bonds is 4. The van der Waals surface area contributed by atoms with Crippen LogP contribution in [-0.4, -0.2) is 52.4 Å². The Bertz CT molecular complexity index is 810. The second-order valence-corrected chi connectivity index (χ2v) is 7.72. The van der Waals surface area contributed by atoms with Gasteiger partial charge in [-0.2, -0.15) is 0 Å². The average molecular weight is 367 g/mol. The van der Waals surface area contributed by atoms with Gasteiger partial charge in [0.05, 0.1) is 5.56 Å². The van der Waals surface area contributed by atoms with E-state index in [0.717, 1.165) is 43.6 Å². The van der Waals surface area contributed by atoms with Crippen molar-refractivity contribution in [3.8, 4) is 11.1 Å². The zero-order valence-corrected chi connectivity index (χ0v) is 15.8. The molecule has 1 amide bonds. The minimum atomic E-state index is -0.457. The van der Waals surface area contributed by atoms with E-state index in [0.29, 0.717) is 6.04 Å². The van der Waals surface area contributed by atoms with Crippen LogP contribution in [0.25, 0.3) is 11.1 Å². The number of likely N-dealkylation sites (tertiary alicyclic amines) is 2. The third-order valence-corrected chi connectivity index (χ3v) is 5.97. The molecule has 0 saturated carbocycles. The summed E-state index contributed by atoms with van der Waals surface area (Å²) in [5, 5.41) is 0. The van der Waals surface area contributed by atoms with Crippen molar-refractivity contribution in [3.63, 3.8) is 0 Å². The highest BCUT2D eigenvalue weighted by Gasteiger charge is 2.33. The Labute approximate surface area is 160 Å². The Balaban J connectivity index is 1.51. The van der Waals surface area contributed by atoms with Crippen LogP contribution in [0.5, 0.6) is 0 Å². The fourth-order valence-electron chi connectivity index (χ4n) is 4.38. The Kier molecular flexibility index (Phi) is 5.21. The van der Waals surface area contributed by atoms with Crippen molar-refractivity contribution >= 4 is 5.91 Å². The molecule has 0 aliphatic carbocycles. The molecule has 0 radical (unpaired) electrons. The monoisotopic (exact) mass is 367 g/mol. The summed E-state index contributed by atoms with van der Waals surface area (Å²) in [6.45, 7) is 4.98. The molecule has 5 heteroatoms. The molecule has 2 aromatic rings. The Hall–Kier alpha value is -2.27. The maximum atomic E-state index is 14.8. The van der Waals surface area contributed by atoms with Gasteiger partial charge in [-0.25, -0.2) is 4.39 Å². The summed E-state index contributed by atoms with van der Waals surface area (Å²) in [6.07, 6.45) is 7.84. The van der Waals surface area contributed by atoms with Crippen LogP contribution in [0, 0.1) is 5.82 Å². The van der Waals surface area contributed by atoms with Gasteiger partial charge in [0.2, 0.25) is 0 Å². The zero-order chi connectivity index (χ0) is 18.8. The molecule has 2 atom stereocenters. The van der Waals surface area contributed by atoms with E-state index in [4.69, 9.17) is 0 Å². The van der Waals surface area contributed by atoms with Gasteiger partial charge in [0.15, 0.2) is 0 Å². The van der Waals surface area contributed by atoms with Crippen molar-refractivity contribution in [2.45, 2.75) is 44.7 Å². The van der Waals surface area contributed by atoms with Crippen molar-refractivity contribution in [3.05, 3.63) is 54.1 Å². The second-order valence-electron chi connectivity index (χ2n) is 7.72. The fraction of sp³-hybridized carbons (Fsp3) is 0.455. The third-order valence-electron chi connectivity index (χ3n) is 5.97. The van der Waals surface area contributed by atoms with Crippen molar-refractivity contribution in [1.82, 2.24) is 14.8 Å². The van der Waals surface area contributed by atoms with Crippen LogP contribution < -0.4 is 0 Å². The smallest absolute Gasteiger partial charge is 0.257 e. The third kappa shape index (κ3) is 3.74. The first-order chi connectivity index (χ1) is 13.1. The highest BCUT2D eigenvalue weighted by Crippen LogP contribution is 2.27. The van der Waals surface area contributed by atoms with E-state index in [1.807, 2.05) is 17.0 Å². The lowest BCUT2D eigenvalue weighted by molar-refractivity contribution is 0.0692. The van der Waals surface area contributed by atoms with Crippen LogP contribution in [0.2, 0.25) is 0 Å². The molecule has 2 fully saturated rings. The maximum absolute atomic E-state index is 14.8. The van der Waals surface area contributed by atoms with Gasteiger partial charge in [-0.05, 0) is 62.9 Å². The van der Waals surface area contributed by atoms with Crippen molar-refractivity contribution < 1.29 is 9.18 Å². The molecular formula is C22H26FN3O. The van der Waals surface area contributed by atoms with Gasteiger partial charge in [0.1, 0.15) is 5.82 Å². The maximum Gasteiger partial charge on any atom is 0.257 e. The van der Waals surface area contributed by atoms with E-state index < -0.39 is 5.82 Å². The van der Waals surface area contributed by atoms with Gasteiger partial charge in [-0.3, -0.25) is 14.7 Å². The van der Waals surface area contributed by atoms with Crippen molar-refractivity contribution in [2.24, 2.45) is 0 Å². The topological polar surface area (TPSA) is 36.4 Å². The summed E-state index contributed by atoms with van der Waals surface area (Å²) in [5.41, 5.74) is 1.75. The van der Waals surface area contributed by atoms with E-state index in [1.165, 1.54) is 18.9 Å². The van der Waals surface area contributed by atoms with Crippen molar-refractivity contribution in [1.29, 1.82) is 0 Å². The standard InChI is InChI=1S/C22H26FN3O/c1-16-5-3-11-25(16)15-19-7-4-12-26(19)22(27)20-9-8-17(13-21(20)23)18-6-2-10-24-14-18/h2,6,8-10,13-14,16,19H,3-5,7,11-12,15H2,1H3. The van der Waals surface area contributed by atoms with E-state index in [9.17, 15) is 9.18 Å². The van der Waals surface area contributed by atoms with Gasteiger partial charge in [0.25, 0.3) is 5.91 Å². The highest BCUT2D eigenvalue weighted by molar-refractivity contribution is 5.95. The molecule has 1 aromatic carbocycles. The molecule has 0 bridgehead atoms. The summed E-state index contributed by atoms with van der Waals surface area (Å²) in [6, 6.07) is 9.35. The first kappa shape index (κ1) is 18.1. The number of amides is 1. The number of aromatic nitrogens is 1. The molecule has 4 rings (SSSR count). The van der Waals surface area contributed by atoms with Crippen LogP contribution in [0.3, 0.4) is 0 Å². The van der Waals surface area contributed by atoms with Crippen LogP contribution in [-0.2, 0) is 0 Å². The zero-order valence-electron chi connectivity index (χ0n) is 15.8. The minimum Gasteiger partial charge on any atom is -0.334 e. The number of carbonyl (C=O) groups excluding carboxylic acids is 1. The first-order valence-corrected chi connectivity index (χ1v) is 9.88. The van der Waals surface area contributed by atoms with Crippen molar-refractivity contribution in [2.75, 3.05) is 19.6 Å². The van der Waals surface area contributed by atoms with E-state index in [2.05, 4.69) is 16.8 Å². The molecule has 27 heavy (non-hydrogen) atoms. The lowest BCUT2D eigenvalue weighted by Crippen LogP contribution is -2.44. The number of hydrogen-bond donors (Lipinski definition) is 0. The second kappa shape index (κ2) is 7.77. The number of halogens is 1. The molecule has 2 saturated heterocycles. The predicted octanol–water partition coefficient (Wildman–Crippen LogP) is 3.98. The summed E-state index contributed by atoms with van der Waals surface area (Å²) < 4.78 is 14.8. The van der Waals surface area contributed by atoms with Crippen LogP contribution in [0.15, 0.2) is 42.7 Å². The Morgan fingerprint density at radius 1 is 1.19 bits per heavy atom. The van der Waals surface area contributed by atoms with Gasteiger partial charge in [0, 0.05) is 43.1 Å². The quantitative estimate of drug-likeness (QED) is 0.820. The number of benzene rings is 1. The van der Waals surface area contributed by atoms with Crippen LogP contribution in [0.1, 0.15) is 43.0 Å². The molecule has 1 aromatic heterocycles. The molecule has 0 N–H and O–H groups in total. The molecule has 2 unspecified atom stereocenters. The molecule has 2 aliphatic rings. The number of carbonyl (C=O) groups is 1. The lowest BCUT2D eigenvalue weighted by atomic mass is 10.0. The molecular weight excluding hydrogens is 341 g/mol. The van der Waals surface area contributed by atoms with Gasteiger partial charge >= 0.3 is 0 Å². The normalized spacial score (nSPS) is 23.1. The average Bonchev–Trinajstić information content (AvgIpc) is 3.31. The number of nitrogens with zero attached hydrogens (tertiary/aromatic N) is 3. The number of pyridine rings is 1. The summed E-state index contributed by atoms with van der Waals surface area (Å²) >= 11 is 0. The minimum absolute atomic E-state index is 0.170. The van der Waals surface area contributed by atoms with Crippen LogP contribution in [0.4, 0.5) is 4.39 Å². The Morgan fingerprint density at radius 3 is 2.74 bits per heavy atom. The van der Waals surface area contributed by atoms with Gasteiger partial charge in [-0.15, -0.1) is 0 Å². The molecule has 0 spiro atoms. The van der Waals surface area contributed by atoms with E-state index >= 15 is 0 Å². The number of hydrogen-bond acceptors (Lipinski definition) is 3. The first-order valence-electron chi connectivity index (χ1n) is 9.88. The molecule has 2 aliphatic heterocycles.